The molecule has 6 nitrogen and oxygen atoms in total. The normalized spacial score (nSPS) is 13.5. The summed E-state index contributed by atoms with van der Waals surface area (Å²) in [5.41, 5.74) is 4.80. The monoisotopic (exact) mass is 463 g/mol. The highest BCUT2D eigenvalue weighted by Crippen LogP contribution is 2.38. The zero-order chi connectivity index (χ0) is 22.2. The van der Waals surface area contributed by atoms with Crippen LogP contribution in [0.5, 0.6) is 0 Å². The van der Waals surface area contributed by atoms with Crippen LogP contribution in [-0.4, -0.2) is 35.9 Å². The summed E-state index contributed by atoms with van der Waals surface area (Å²) in [4.78, 5) is 17.2. The minimum Gasteiger partial charge on any atom is -0.345 e. The van der Waals surface area contributed by atoms with Crippen LogP contribution >= 0.6 is 23.4 Å². The molecule has 0 bridgehead atoms. The third-order valence-electron chi connectivity index (χ3n) is 5.69. The third kappa shape index (κ3) is 3.98. The molecular formula is C24H22ClN5OS. The fourth-order valence-corrected chi connectivity index (χ4v) is 5.00. The first kappa shape index (κ1) is 21.0. The lowest BCUT2D eigenvalue weighted by molar-refractivity contribution is 0.102. The van der Waals surface area contributed by atoms with Crippen LogP contribution in [0.1, 0.15) is 40.6 Å². The summed E-state index contributed by atoms with van der Waals surface area (Å²) >= 11 is 7.49. The van der Waals surface area contributed by atoms with Crippen molar-refractivity contribution in [1.29, 1.82) is 0 Å². The Balaban J connectivity index is 1.45. The maximum absolute atomic E-state index is 13.1. The molecular weight excluding hydrogens is 442 g/mol. The lowest BCUT2D eigenvalue weighted by Crippen LogP contribution is -2.07. The minimum absolute atomic E-state index is 0.103. The van der Waals surface area contributed by atoms with Crippen molar-refractivity contribution in [2.45, 2.75) is 37.9 Å². The van der Waals surface area contributed by atoms with Gasteiger partial charge in [0.2, 0.25) is 0 Å². The first-order valence-corrected chi connectivity index (χ1v) is 11.9. The molecule has 1 aliphatic carbocycles. The Kier molecular flexibility index (Phi) is 5.61. The summed E-state index contributed by atoms with van der Waals surface area (Å²) in [6, 6.07) is 13.9. The number of halogens is 1. The number of hydrogen-bond acceptors (Lipinski definition) is 5. The fraction of sp³-hybridized carbons (Fsp3) is 0.250. The quantitative estimate of drug-likeness (QED) is 0.259. The molecule has 5 rings (SSSR count). The summed E-state index contributed by atoms with van der Waals surface area (Å²) in [5.74, 6) is 1.08. The molecule has 0 amide bonds. The molecule has 0 saturated heterocycles. The average molecular weight is 464 g/mol. The Morgan fingerprint density at radius 3 is 2.50 bits per heavy atom. The van der Waals surface area contributed by atoms with E-state index in [4.69, 9.17) is 11.6 Å². The van der Waals surface area contributed by atoms with Crippen molar-refractivity contribution in [3.8, 4) is 17.1 Å². The topological polar surface area (TPSA) is 65.6 Å². The van der Waals surface area contributed by atoms with Gasteiger partial charge in [-0.15, -0.1) is 10.2 Å². The number of carbonyl (C=O) groups excluding carboxylic acids is 1. The van der Waals surface area contributed by atoms with Gasteiger partial charge in [-0.3, -0.25) is 14.3 Å². The number of thioether (sulfide) groups is 1. The molecule has 3 aromatic heterocycles. The van der Waals surface area contributed by atoms with Gasteiger partial charge in [0.15, 0.2) is 16.8 Å². The first-order chi connectivity index (χ1) is 15.5. The average Bonchev–Trinajstić information content (AvgIpc) is 3.47. The number of ketones is 1. The molecule has 0 aliphatic heterocycles. The molecule has 3 heterocycles. The van der Waals surface area contributed by atoms with E-state index in [2.05, 4.69) is 26.7 Å². The molecule has 0 unspecified atom stereocenters. The number of pyridine rings is 1. The molecule has 32 heavy (non-hydrogen) atoms. The van der Waals surface area contributed by atoms with Crippen molar-refractivity contribution < 1.29 is 4.79 Å². The number of rotatable bonds is 7. The lowest BCUT2D eigenvalue weighted by Gasteiger charge is -2.10. The molecule has 1 aromatic carbocycles. The van der Waals surface area contributed by atoms with E-state index in [1.165, 1.54) is 24.6 Å². The van der Waals surface area contributed by atoms with Crippen LogP contribution in [0.15, 0.2) is 60.0 Å². The lowest BCUT2D eigenvalue weighted by atomic mass is 10.2. The zero-order valence-electron chi connectivity index (χ0n) is 17.8. The second-order valence-corrected chi connectivity index (χ2v) is 9.33. The number of carbonyl (C=O) groups is 1. The molecule has 1 aliphatic rings. The molecule has 1 fully saturated rings. The van der Waals surface area contributed by atoms with Gasteiger partial charge in [0.1, 0.15) is 0 Å². The molecule has 4 aromatic rings. The van der Waals surface area contributed by atoms with Gasteiger partial charge in [0.05, 0.1) is 5.75 Å². The van der Waals surface area contributed by atoms with Gasteiger partial charge < -0.3 is 4.57 Å². The van der Waals surface area contributed by atoms with Crippen molar-refractivity contribution in [3.63, 3.8) is 0 Å². The molecule has 1 saturated carbocycles. The highest BCUT2D eigenvalue weighted by molar-refractivity contribution is 7.99. The second-order valence-electron chi connectivity index (χ2n) is 7.95. The Morgan fingerprint density at radius 1 is 1.09 bits per heavy atom. The van der Waals surface area contributed by atoms with Crippen LogP contribution in [0.25, 0.3) is 17.1 Å². The van der Waals surface area contributed by atoms with Crippen LogP contribution in [-0.2, 0) is 0 Å². The number of Topliss-reactive ketones (excluding diaryl/α,β-unsaturated/α-hetero) is 1. The van der Waals surface area contributed by atoms with Gasteiger partial charge in [-0.05, 0) is 69.2 Å². The Hall–Kier alpha value is -2.90. The molecule has 0 atom stereocenters. The number of aromatic nitrogens is 5. The number of hydrogen-bond donors (Lipinski definition) is 0. The summed E-state index contributed by atoms with van der Waals surface area (Å²) in [7, 11) is 0. The van der Waals surface area contributed by atoms with Crippen LogP contribution in [0, 0.1) is 13.8 Å². The Labute approximate surface area is 195 Å². The molecule has 0 radical (unpaired) electrons. The predicted molar refractivity (Wildman–Crippen MR) is 127 cm³/mol. The van der Waals surface area contributed by atoms with Gasteiger partial charge in [-0.2, -0.15) is 0 Å². The summed E-state index contributed by atoms with van der Waals surface area (Å²) in [6.45, 7) is 4.12. The fourth-order valence-electron chi connectivity index (χ4n) is 4.04. The van der Waals surface area contributed by atoms with Gasteiger partial charge in [-0.1, -0.05) is 23.4 Å². The van der Waals surface area contributed by atoms with E-state index in [0.717, 1.165) is 28.2 Å². The van der Waals surface area contributed by atoms with Gasteiger partial charge in [0, 0.05) is 51.7 Å². The van der Waals surface area contributed by atoms with Crippen molar-refractivity contribution in [1.82, 2.24) is 24.3 Å². The van der Waals surface area contributed by atoms with E-state index >= 15 is 0 Å². The van der Waals surface area contributed by atoms with E-state index in [-0.39, 0.29) is 11.5 Å². The van der Waals surface area contributed by atoms with Crippen LogP contribution in [0.2, 0.25) is 5.02 Å². The van der Waals surface area contributed by atoms with Gasteiger partial charge >= 0.3 is 0 Å². The van der Waals surface area contributed by atoms with E-state index in [9.17, 15) is 4.79 Å². The molecule has 0 N–H and O–H groups in total. The van der Waals surface area contributed by atoms with Crippen molar-refractivity contribution >= 4 is 29.1 Å². The van der Waals surface area contributed by atoms with Gasteiger partial charge in [0.25, 0.3) is 0 Å². The molecule has 162 valence electrons. The van der Waals surface area contributed by atoms with E-state index in [0.29, 0.717) is 22.0 Å². The minimum atomic E-state index is 0.103. The van der Waals surface area contributed by atoms with Gasteiger partial charge in [-0.25, -0.2) is 0 Å². The van der Waals surface area contributed by atoms with E-state index in [1.807, 2.05) is 54.0 Å². The van der Waals surface area contributed by atoms with Crippen molar-refractivity contribution in [2.24, 2.45) is 0 Å². The molecule has 8 heteroatoms. The summed E-state index contributed by atoms with van der Waals surface area (Å²) in [6.07, 6.45) is 5.84. The van der Waals surface area contributed by atoms with E-state index in [1.54, 1.807) is 12.4 Å². The first-order valence-electron chi connectivity index (χ1n) is 10.5. The smallest absolute Gasteiger partial charge is 0.196 e. The largest absolute Gasteiger partial charge is 0.345 e. The predicted octanol–water partition coefficient (Wildman–Crippen LogP) is 5.71. The Morgan fingerprint density at radius 2 is 1.81 bits per heavy atom. The number of aryl methyl sites for hydroxylation is 1. The maximum Gasteiger partial charge on any atom is 0.196 e. The highest BCUT2D eigenvalue weighted by Gasteiger charge is 2.28. The third-order valence-corrected chi connectivity index (χ3v) is 6.87. The standard InChI is InChI=1S/C24H22ClN5OS/c1-15-13-21(16(2)29(15)19-7-8-19)22(31)14-32-24-28-27-23(17-9-11-26-12-10-17)30(24)20-5-3-18(25)4-6-20/h3-6,9-13,19H,7-8,14H2,1-2H3. The van der Waals surface area contributed by atoms with Crippen LogP contribution < -0.4 is 0 Å². The van der Waals surface area contributed by atoms with Crippen LogP contribution in [0.3, 0.4) is 0 Å². The summed E-state index contributed by atoms with van der Waals surface area (Å²) in [5, 5.41) is 10.1. The van der Waals surface area contributed by atoms with Crippen LogP contribution in [0.4, 0.5) is 0 Å². The number of nitrogens with zero attached hydrogens (tertiary/aromatic N) is 5. The molecule has 0 spiro atoms. The number of benzene rings is 1. The highest BCUT2D eigenvalue weighted by atomic mass is 35.5. The van der Waals surface area contributed by atoms with Crippen molar-refractivity contribution in [3.05, 3.63) is 76.8 Å². The maximum atomic E-state index is 13.1. The van der Waals surface area contributed by atoms with E-state index < -0.39 is 0 Å². The second kappa shape index (κ2) is 8.56. The Bertz CT molecular complexity index is 1280. The zero-order valence-corrected chi connectivity index (χ0v) is 19.4. The SMILES string of the molecule is Cc1cc(C(=O)CSc2nnc(-c3ccncc3)n2-c2ccc(Cl)cc2)c(C)n1C1CC1. The van der Waals surface area contributed by atoms with Crippen molar-refractivity contribution in [2.75, 3.05) is 5.75 Å². The summed E-state index contributed by atoms with van der Waals surface area (Å²) < 4.78 is 4.26.